The van der Waals surface area contributed by atoms with Gasteiger partial charge in [-0.25, -0.2) is 4.98 Å². The quantitative estimate of drug-likeness (QED) is 0.746. The molecular formula is C8H15N3OS. The van der Waals surface area contributed by atoms with E-state index in [9.17, 15) is 4.21 Å². The van der Waals surface area contributed by atoms with Gasteiger partial charge in [0.25, 0.3) is 0 Å². The zero-order chi connectivity index (χ0) is 9.68. The maximum absolute atomic E-state index is 11.0. The summed E-state index contributed by atoms with van der Waals surface area (Å²) in [7, 11) is -0.729. The van der Waals surface area contributed by atoms with Crippen LogP contribution in [0.5, 0.6) is 0 Å². The van der Waals surface area contributed by atoms with E-state index in [0.29, 0.717) is 0 Å². The molecule has 13 heavy (non-hydrogen) atoms. The fraction of sp³-hybridized carbons (Fsp3) is 0.625. The first kappa shape index (κ1) is 10.2. The first-order valence-electron chi connectivity index (χ1n) is 4.25. The van der Waals surface area contributed by atoms with Crippen LogP contribution < -0.4 is 5.32 Å². The Morgan fingerprint density at radius 3 is 3.08 bits per heavy atom. The van der Waals surface area contributed by atoms with E-state index >= 15 is 0 Å². The van der Waals surface area contributed by atoms with Gasteiger partial charge in [-0.05, 0) is 6.42 Å². The molecule has 1 heterocycles. The third-order valence-electron chi connectivity index (χ3n) is 1.91. The van der Waals surface area contributed by atoms with Crippen molar-refractivity contribution in [3.05, 3.63) is 12.4 Å². The summed E-state index contributed by atoms with van der Waals surface area (Å²) >= 11 is 0. The summed E-state index contributed by atoms with van der Waals surface area (Å²) < 4.78 is 11.0. The Labute approximate surface area is 80.6 Å². The molecule has 0 bridgehead atoms. The molecule has 0 aliphatic heterocycles. The van der Waals surface area contributed by atoms with Gasteiger partial charge >= 0.3 is 0 Å². The number of anilines is 1. The van der Waals surface area contributed by atoms with Crippen LogP contribution in [0.1, 0.15) is 13.3 Å². The predicted octanol–water partition coefficient (Wildman–Crippen LogP) is 0.979. The monoisotopic (exact) mass is 201 g/mol. The Morgan fingerprint density at radius 1 is 1.77 bits per heavy atom. The van der Waals surface area contributed by atoms with Crippen LogP contribution in [0.4, 0.5) is 5.95 Å². The summed E-state index contributed by atoms with van der Waals surface area (Å²) in [6.45, 7) is 2.79. The predicted molar refractivity (Wildman–Crippen MR) is 55.2 cm³/mol. The Kier molecular flexibility index (Phi) is 3.95. The van der Waals surface area contributed by atoms with Crippen molar-refractivity contribution in [1.82, 2.24) is 9.97 Å². The molecule has 0 aliphatic rings. The van der Waals surface area contributed by atoms with E-state index in [0.717, 1.165) is 18.9 Å². The molecule has 0 saturated carbocycles. The van der Waals surface area contributed by atoms with Crippen molar-refractivity contribution in [2.75, 3.05) is 18.1 Å². The summed E-state index contributed by atoms with van der Waals surface area (Å²) in [6, 6.07) is 0. The van der Waals surface area contributed by atoms with Crippen LogP contribution in [0.25, 0.3) is 0 Å². The lowest BCUT2D eigenvalue weighted by Gasteiger charge is -2.07. The number of aromatic amines is 1. The average molecular weight is 201 g/mol. The van der Waals surface area contributed by atoms with Gasteiger partial charge in [0.15, 0.2) is 5.95 Å². The van der Waals surface area contributed by atoms with Gasteiger partial charge in [0.2, 0.25) is 0 Å². The van der Waals surface area contributed by atoms with Crippen LogP contribution in [0.15, 0.2) is 12.4 Å². The van der Waals surface area contributed by atoms with Crippen molar-refractivity contribution < 1.29 is 4.21 Å². The lowest BCUT2D eigenvalue weighted by atomic mass is 10.3. The smallest absolute Gasteiger partial charge is 0.200 e. The van der Waals surface area contributed by atoms with E-state index < -0.39 is 10.8 Å². The maximum Gasteiger partial charge on any atom is 0.200 e. The SMILES string of the molecule is CC(CCNc1ncc[nH]1)S(C)=O. The van der Waals surface area contributed by atoms with Gasteiger partial charge < -0.3 is 10.3 Å². The molecule has 2 atom stereocenters. The topological polar surface area (TPSA) is 57.8 Å². The molecule has 1 rings (SSSR count). The Hall–Kier alpha value is -0.840. The first-order valence-corrected chi connectivity index (χ1v) is 5.87. The van der Waals surface area contributed by atoms with Crippen molar-refractivity contribution in [2.45, 2.75) is 18.6 Å². The van der Waals surface area contributed by atoms with Crippen LogP contribution >= 0.6 is 0 Å². The molecule has 0 radical (unpaired) electrons. The molecule has 2 N–H and O–H groups in total. The summed E-state index contributed by atoms with van der Waals surface area (Å²) in [5, 5.41) is 3.35. The van der Waals surface area contributed by atoms with E-state index in [1.807, 2.05) is 6.92 Å². The summed E-state index contributed by atoms with van der Waals surface area (Å²) in [4.78, 5) is 6.96. The lowest BCUT2D eigenvalue weighted by Crippen LogP contribution is -2.15. The van der Waals surface area contributed by atoms with Crippen LogP contribution in [-0.4, -0.2) is 32.2 Å². The Morgan fingerprint density at radius 2 is 2.54 bits per heavy atom. The standard InChI is InChI=1S/C8H15N3OS/c1-7(13(2)12)3-4-9-8-10-5-6-11-8/h5-7H,3-4H2,1-2H3,(H2,9,10,11). The van der Waals surface area contributed by atoms with E-state index in [4.69, 9.17) is 0 Å². The van der Waals surface area contributed by atoms with Crippen molar-refractivity contribution in [1.29, 1.82) is 0 Å². The molecule has 0 aromatic carbocycles. The molecule has 0 fully saturated rings. The van der Waals surface area contributed by atoms with Gasteiger partial charge in [0.05, 0.1) is 0 Å². The van der Waals surface area contributed by atoms with Crippen molar-refractivity contribution in [3.8, 4) is 0 Å². The minimum Gasteiger partial charge on any atom is -0.356 e. The number of nitrogens with zero attached hydrogens (tertiary/aromatic N) is 1. The minimum atomic E-state index is -0.729. The molecule has 1 aromatic rings. The highest BCUT2D eigenvalue weighted by atomic mass is 32.2. The number of aromatic nitrogens is 2. The Balaban J connectivity index is 2.18. The molecule has 0 saturated heterocycles. The van der Waals surface area contributed by atoms with Crippen LogP contribution in [0, 0.1) is 0 Å². The number of hydrogen-bond acceptors (Lipinski definition) is 3. The van der Waals surface area contributed by atoms with Gasteiger partial charge in [0, 0.05) is 41.2 Å². The second-order valence-corrected chi connectivity index (χ2v) is 4.76. The van der Waals surface area contributed by atoms with Crippen LogP contribution in [0.2, 0.25) is 0 Å². The number of rotatable bonds is 5. The highest BCUT2D eigenvalue weighted by Gasteiger charge is 2.04. The zero-order valence-corrected chi connectivity index (χ0v) is 8.73. The summed E-state index contributed by atoms with van der Waals surface area (Å²) in [6.07, 6.45) is 6.09. The number of hydrogen-bond donors (Lipinski definition) is 2. The normalized spacial score (nSPS) is 15.2. The van der Waals surface area contributed by atoms with E-state index in [2.05, 4.69) is 15.3 Å². The van der Waals surface area contributed by atoms with E-state index in [-0.39, 0.29) is 5.25 Å². The number of imidazole rings is 1. The molecule has 2 unspecified atom stereocenters. The van der Waals surface area contributed by atoms with Gasteiger partial charge in [-0.2, -0.15) is 0 Å². The third-order valence-corrected chi connectivity index (χ3v) is 3.28. The molecule has 0 spiro atoms. The molecule has 0 amide bonds. The minimum absolute atomic E-state index is 0.238. The second-order valence-electron chi connectivity index (χ2n) is 2.96. The van der Waals surface area contributed by atoms with E-state index in [1.165, 1.54) is 0 Å². The number of nitrogens with one attached hydrogen (secondary N) is 2. The highest BCUT2D eigenvalue weighted by molar-refractivity contribution is 7.84. The van der Waals surface area contributed by atoms with Crippen molar-refractivity contribution >= 4 is 16.7 Å². The largest absolute Gasteiger partial charge is 0.356 e. The van der Waals surface area contributed by atoms with Gasteiger partial charge in [-0.15, -0.1) is 0 Å². The summed E-state index contributed by atoms with van der Waals surface area (Å²) in [5.41, 5.74) is 0. The molecule has 4 nitrogen and oxygen atoms in total. The Bertz CT molecular complexity index is 260. The molecule has 5 heteroatoms. The molecule has 1 aromatic heterocycles. The van der Waals surface area contributed by atoms with Gasteiger partial charge in [-0.1, -0.05) is 6.92 Å². The second kappa shape index (κ2) is 5.01. The third kappa shape index (κ3) is 3.59. The maximum atomic E-state index is 11.0. The first-order chi connectivity index (χ1) is 6.20. The van der Waals surface area contributed by atoms with Gasteiger partial charge in [0.1, 0.15) is 0 Å². The molecule has 74 valence electrons. The molecule has 0 aliphatic carbocycles. The molecular weight excluding hydrogens is 186 g/mol. The van der Waals surface area contributed by atoms with Crippen molar-refractivity contribution in [3.63, 3.8) is 0 Å². The van der Waals surface area contributed by atoms with Crippen LogP contribution in [0.3, 0.4) is 0 Å². The number of H-pyrrole nitrogens is 1. The summed E-state index contributed by atoms with van der Waals surface area (Å²) in [5.74, 6) is 0.772. The van der Waals surface area contributed by atoms with Crippen molar-refractivity contribution in [2.24, 2.45) is 0 Å². The fourth-order valence-electron chi connectivity index (χ4n) is 0.922. The average Bonchev–Trinajstić information content (AvgIpc) is 2.56. The lowest BCUT2D eigenvalue weighted by molar-refractivity contribution is 0.672. The van der Waals surface area contributed by atoms with Gasteiger partial charge in [-0.3, -0.25) is 4.21 Å². The zero-order valence-electron chi connectivity index (χ0n) is 7.91. The fourth-order valence-corrected chi connectivity index (χ4v) is 1.37. The van der Waals surface area contributed by atoms with Crippen LogP contribution in [-0.2, 0) is 10.8 Å². The highest BCUT2D eigenvalue weighted by Crippen LogP contribution is 2.00. The van der Waals surface area contributed by atoms with E-state index in [1.54, 1.807) is 18.6 Å².